The Bertz CT molecular complexity index is 2270. The van der Waals surface area contributed by atoms with Gasteiger partial charge in [0.15, 0.2) is 24.4 Å². The van der Waals surface area contributed by atoms with Crippen LogP contribution in [0.3, 0.4) is 0 Å². The Labute approximate surface area is 328 Å². The molecule has 0 saturated heterocycles. The summed E-state index contributed by atoms with van der Waals surface area (Å²) in [6, 6.07) is 38.5. The summed E-state index contributed by atoms with van der Waals surface area (Å²) < 4.78 is 61.6. The molecule has 0 aliphatic heterocycles. The lowest BCUT2D eigenvalue weighted by atomic mass is 9.78. The van der Waals surface area contributed by atoms with Crippen LogP contribution in [0.2, 0.25) is 0 Å². The molecule has 6 atom stereocenters. The maximum absolute atomic E-state index is 13.9. The van der Waals surface area contributed by atoms with Crippen molar-refractivity contribution in [1.82, 2.24) is 0 Å². The van der Waals surface area contributed by atoms with E-state index >= 15 is 0 Å². The van der Waals surface area contributed by atoms with E-state index in [0.717, 1.165) is 6.26 Å². The van der Waals surface area contributed by atoms with E-state index in [9.17, 15) is 32.4 Å². The molecule has 0 amide bonds. The molecule has 1 saturated carbocycles. The number of benzene rings is 5. The van der Waals surface area contributed by atoms with Crippen molar-refractivity contribution in [3.63, 3.8) is 0 Å². The normalized spacial score (nSPS) is 20.3. The summed E-state index contributed by atoms with van der Waals surface area (Å²) in [5.74, 6) is -6.30. The van der Waals surface area contributed by atoms with Crippen LogP contribution in [-0.4, -0.2) is 81.6 Å². The van der Waals surface area contributed by atoms with Crippen molar-refractivity contribution < 1.29 is 60.3 Å². The van der Waals surface area contributed by atoms with Gasteiger partial charge in [0.05, 0.1) is 40.0 Å². The summed E-state index contributed by atoms with van der Waals surface area (Å²) in [6.45, 7) is -0.713. The van der Waals surface area contributed by atoms with Gasteiger partial charge in [-0.05, 0) is 60.7 Å². The average Bonchev–Trinajstić information content (AvgIpc) is 3.23. The van der Waals surface area contributed by atoms with Gasteiger partial charge in [-0.3, -0.25) is 4.18 Å². The molecule has 0 bridgehead atoms. The fraction of sp³-hybridized carbons (Fsp3) is 0.186. The fourth-order valence-corrected chi connectivity index (χ4v) is 6.83. The van der Waals surface area contributed by atoms with E-state index in [1.54, 1.807) is 91.0 Å². The maximum Gasteiger partial charge on any atom is 0.338 e. The molecule has 0 radical (unpaired) electrons. The van der Waals surface area contributed by atoms with Crippen LogP contribution in [0.25, 0.3) is 0 Å². The first-order valence-electron chi connectivity index (χ1n) is 17.6. The van der Waals surface area contributed by atoms with E-state index < -0.39 is 83.0 Å². The van der Waals surface area contributed by atoms with Gasteiger partial charge in [-0.2, -0.15) is 8.42 Å². The van der Waals surface area contributed by atoms with Crippen LogP contribution in [0.15, 0.2) is 152 Å². The molecule has 5 aromatic carbocycles. The Kier molecular flexibility index (Phi) is 12.9. The smallest absolute Gasteiger partial charge is 0.338 e. The van der Waals surface area contributed by atoms with Gasteiger partial charge in [0.25, 0.3) is 10.1 Å². The quantitative estimate of drug-likeness (QED) is 0.0805. The standard InChI is InChI=1S/C43H36O13S/c1-57(49,50)56-38-35(53-41(46)30-21-11-4-12-22-30)33(27-51-39(44)28-17-7-2-8-18-28)34(52-40(45)29-19-9-3-10-20-29)36(54-42(47)31-23-13-5-14-24-31)37(38)55-43(48)32-25-15-6-16-26-32/h2-26,33-38H,27H2,1H3/t33?,34?,35-,36+,37?,38-/m1/s1. The highest BCUT2D eigenvalue weighted by atomic mass is 32.2. The fourth-order valence-electron chi connectivity index (χ4n) is 6.21. The topological polar surface area (TPSA) is 175 Å². The molecular formula is C43H36O13S. The SMILES string of the molecule is CS(=O)(=O)O[C@H]1C(OC(=O)c2ccccc2)[C@@H](OC(=O)c2ccccc2)C(OC(=O)c2ccccc2)C(COC(=O)c2ccccc2)[C@H]1OC(=O)c1ccccc1. The van der Waals surface area contributed by atoms with Crippen LogP contribution in [0, 0.1) is 5.92 Å². The summed E-state index contributed by atoms with van der Waals surface area (Å²) in [4.78, 5) is 68.8. The molecule has 5 aromatic rings. The van der Waals surface area contributed by atoms with Crippen molar-refractivity contribution in [2.75, 3.05) is 12.9 Å². The van der Waals surface area contributed by atoms with E-state index in [1.165, 1.54) is 60.7 Å². The number of hydrogen-bond acceptors (Lipinski definition) is 13. The highest BCUT2D eigenvalue weighted by Gasteiger charge is 2.60. The summed E-state index contributed by atoms with van der Waals surface area (Å²) in [6.07, 6.45) is -8.63. The van der Waals surface area contributed by atoms with Gasteiger partial charge in [0.1, 0.15) is 12.7 Å². The molecule has 1 aliphatic carbocycles. The largest absolute Gasteiger partial charge is 0.461 e. The van der Waals surface area contributed by atoms with Crippen LogP contribution in [-0.2, 0) is 38.0 Å². The van der Waals surface area contributed by atoms with Gasteiger partial charge in [-0.25, -0.2) is 24.0 Å². The van der Waals surface area contributed by atoms with Crippen molar-refractivity contribution in [3.05, 3.63) is 179 Å². The summed E-state index contributed by atoms with van der Waals surface area (Å²) in [7, 11) is -4.51. The Morgan fingerprint density at radius 1 is 0.404 bits per heavy atom. The molecule has 0 aromatic heterocycles. The summed E-state index contributed by atoms with van der Waals surface area (Å²) in [5, 5.41) is 0. The van der Waals surface area contributed by atoms with E-state index in [0.29, 0.717) is 0 Å². The molecule has 14 heteroatoms. The predicted molar refractivity (Wildman–Crippen MR) is 203 cm³/mol. The molecule has 6 rings (SSSR count). The van der Waals surface area contributed by atoms with Gasteiger partial charge in [-0.15, -0.1) is 0 Å². The second-order valence-corrected chi connectivity index (χ2v) is 14.4. The lowest BCUT2D eigenvalue weighted by Crippen LogP contribution is -2.67. The third kappa shape index (κ3) is 10.4. The number of ether oxygens (including phenoxy) is 5. The van der Waals surface area contributed by atoms with Crippen molar-refractivity contribution >= 4 is 40.0 Å². The van der Waals surface area contributed by atoms with E-state index in [-0.39, 0.29) is 27.8 Å². The Balaban J connectivity index is 1.53. The lowest BCUT2D eigenvalue weighted by molar-refractivity contribution is -0.203. The summed E-state index contributed by atoms with van der Waals surface area (Å²) in [5.41, 5.74) is 0.261. The van der Waals surface area contributed by atoms with Crippen molar-refractivity contribution in [2.45, 2.75) is 30.5 Å². The molecule has 0 heterocycles. The van der Waals surface area contributed by atoms with Gasteiger partial charge in [-0.1, -0.05) is 91.0 Å². The zero-order valence-corrected chi connectivity index (χ0v) is 31.1. The lowest BCUT2D eigenvalue weighted by Gasteiger charge is -2.47. The first kappa shape index (κ1) is 40.0. The first-order chi connectivity index (χ1) is 27.5. The average molecular weight is 793 g/mol. The number of rotatable bonds is 13. The number of esters is 5. The molecule has 292 valence electrons. The zero-order chi connectivity index (χ0) is 40.4. The van der Waals surface area contributed by atoms with Gasteiger partial charge < -0.3 is 23.7 Å². The Hall–Kier alpha value is -6.64. The number of carbonyl (C=O) groups is 5. The van der Waals surface area contributed by atoms with E-state index in [4.69, 9.17) is 27.9 Å². The van der Waals surface area contributed by atoms with E-state index in [1.807, 2.05) is 0 Å². The second kappa shape index (κ2) is 18.3. The van der Waals surface area contributed by atoms with Crippen LogP contribution in [0.5, 0.6) is 0 Å². The highest BCUT2D eigenvalue weighted by molar-refractivity contribution is 7.86. The monoisotopic (exact) mass is 792 g/mol. The van der Waals surface area contributed by atoms with Crippen LogP contribution >= 0.6 is 0 Å². The maximum atomic E-state index is 13.9. The van der Waals surface area contributed by atoms with Crippen molar-refractivity contribution in [2.24, 2.45) is 5.92 Å². The van der Waals surface area contributed by atoms with E-state index in [2.05, 4.69) is 0 Å². The molecular weight excluding hydrogens is 757 g/mol. The Morgan fingerprint density at radius 2 is 0.667 bits per heavy atom. The third-order valence-electron chi connectivity index (χ3n) is 8.85. The van der Waals surface area contributed by atoms with Crippen molar-refractivity contribution in [3.8, 4) is 0 Å². The minimum atomic E-state index is -4.51. The van der Waals surface area contributed by atoms with Gasteiger partial charge in [0.2, 0.25) is 0 Å². The predicted octanol–water partition coefficient (Wildman–Crippen LogP) is 5.72. The third-order valence-corrected chi connectivity index (χ3v) is 9.42. The van der Waals surface area contributed by atoms with Gasteiger partial charge in [0, 0.05) is 0 Å². The van der Waals surface area contributed by atoms with Crippen LogP contribution in [0.4, 0.5) is 0 Å². The molecule has 1 aliphatic rings. The molecule has 3 unspecified atom stereocenters. The molecule has 13 nitrogen and oxygen atoms in total. The number of hydrogen-bond donors (Lipinski definition) is 0. The van der Waals surface area contributed by atoms with Gasteiger partial charge >= 0.3 is 29.8 Å². The Morgan fingerprint density at radius 3 is 0.982 bits per heavy atom. The van der Waals surface area contributed by atoms with Crippen LogP contribution in [0.1, 0.15) is 51.8 Å². The number of carbonyl (C=O) groups excluding carboxylic acids is 5. The molecule has 57 heavy (non-hydrogen) atoms. The minimum Gasteiger partial charge on any atom is -0.461 e. The summed E-state index contributed by atoms with van der Waals surface area (Å²) >= 11 is 0. The molecule has 0 N–H and O–H groups in total. The zero-order valence-electron chi connectivity index (χ0n) is 30.3. The first-order valence-corrected chi connectivity index (χ1v) is 19.4. The highest BCUT2D eigenvalue weighted by Crippen LogP contribution is 2.39. The second-order valence-electron chi connectivity index (χ2n) is 12.8. The van der Waals surface area contributed by atoms with Crippen molar-refractivity contribution in [1.29, 1.82) is 0 Å². The molecule has 1 fully saturated rings. The van der Waals surface area contributed by atoms with Crippen LogP contribution < -0.4 is 0 Å². The minimum absolute atomic E-state index is 0.0123. The molecule has 0 spiro atoms.